The summed E-state index contributed by atoms with van der Waals surface area (Å²) in [6.07, 6.45) is 1.99. The molecule has 1 aromatic carbocycles. The zero-order valence-electron chi connectivity index (χ0n) is 20.5. The average Bonchev–Trinajstić information content (AvgIpc) is 3.51. The van der Waals surface area contributed by atoms with Crippen molar-refractivity contribution in [1.82, 2.24) is 30.9 Å². The van der Waals surface area contributed by atoms with Crippen LogP contribution in [0.2, 0.25) is 5.02 Å². The van der Waals surface area contributed by atoms with E-state index in [0.717, 1.165) is 6.42 Å². The molecular formula is C25H28ClF2N7O2. The summed E-state index contributed by atoms with van der Waals surface area (Å²) in [6.45, 7) is 4.43. The summed E-state index contributed by atoms with van der Waals surface area (Å²) >= 11 is 5.88. The normalized spacial score (nSPS) is 21.3. The molecular weight excluding hydrogens is 504 g/mol. The molecule has 2 saturated heterocycles. The van der Waals surface area contributed by atoms with Gasteiger partial charge in [0.1, 0.15) is 0 Å². The van der Waals surface area contributed by atoms with Gasteiger partial charge >= 0.3 is 0 Å². The van der Waals surface area contributed by atoms with Crippen LogP contribution in [0.3, 0.4) is 0 Å². The number of nitrogens with one attached hydrogen (secondary N) is 3. The van der Waals surface area contributed by atoms with Gasteiger partial charge in [0.15, 0.2) is 17.5 Å². The van der Waals surface area contributed by atoms with Crippen LogP contribution in [0.4, 0.5) is 14.6 Å². The highest BCUT2D eigenvalue weighted by Crippen LogP contribution is 2.38. The van der Waals surface area contributed by atoms with Crippen molar-refractivity contribution in [2.75, 3.05) is 18.4 Å². The molecule has 2 unspecified atom stereocenters. The average molecular weight is 532 g/mol. The Labute approximate surface area is 218 Å². The minimum Gasteiger partial charge on any atom is -0.425 e. The molecule has 9 nitrogen and oxygen atoms in total. The van der Waals surface area contributed by atoms with Gasteiger partial charge < -0.3 is 14.6 Å². The SMILES string of the molecule is Cc1nnc(C2(Cc3ccc(F)c(NC4CC(C)NN4)n3)CCN(C(=O)c3cccc(Cl)c3F)CC2)o1. The number of halogens is 3. The highest BCUT2D eigenvalue weighted by molar-refractivity contribution is 6.31. The van der Waals surface area contributed by atoms with E-state index < -0.39 is 23.0 Å². The number of aryl methyl sites for hydroxylation is 1. The molecule has 3 aromatic rings. The first-order chi connectivity index (χ1) is 17.7. The van der Waals surface area contributed by atoms with Gasteiger partial charge in [-0.15, -0.1) is 10.2 Å². The fourth-order valence-corrected chi connectivity index (χ4v) is 5.13. The Balaban J connectivity index is 1.37. The highest BCUT2D eigenvalue weighted by atomic mass is 35.5. The molecule has 196 valence electrons. The minimum absolute atomic E-state index is 0.0612. The molecule has 4 heterocycles. The number of hydrazine groups is 1. The number of aromatic nitrogens is 3. The second-order valence-electron chi connectivity index (χ2n) is 9.73. The number of amides is 1. The van der Waals surface area contributed by atoms with E-state index in [1.807, 2.05) is 6.92 Å². The number of benzene rings is 1. The van der Waals surface area contributed by atoms with Crippen LogP contribution in [-0.2, 0) is 11.8 Å². The lowest BCUT2D eigenvalue weighted by Crippen LogP contribution is -2.46. The molecule has 3 N–H and O–H groups in total. The molecule has 0 saturated carbocycles. The number of anilines is 1. The van der Waals surface area contributed by atoms with Crippen molar-refractivity contribution in [3.63, 3.8) is 0 Å². The van der Waals surface area contributed by atoms with E-state index >= 15 is 0 Å². The van der Waals surface area contributed by atoms with Crippen molar-refractivity contribution < 1.29 is 18.0 Å². The van der Waals surface area contributed by atoms with Crippen molar-refractivity contribution in [3.05, 3.63) is 70.0 Å². The van der Waals surface area contributed by atoms with Gasteiger partial charge in [0.2, 0.25) is 11.8 Å². The second-order valence-corrected chi connectivity index (χ2v) is 10.1. The van der Waals surface area contributed by atoms with Crippen LogP contribution < -0.4 is 16.2 Å². The molecule has 2 aliphatic rings. The molecule has 0 aliphatic carbocycles. The second kappa shape index (κ2) is 10.3. The number of piperidine rings is 1. The summed E-state index contributed by atoms with van der Waals surface area (Å²) < 4.78 is 34.9. The van der Waals surface area contributed by atoms with Crippen molar-refractivity contribution >= 4 is 23.3 Å². The maximum atomic E-state index is 14.6. The van der Waals surface area contributed by atoms with Crippen LogP contribution in [0.25, 0.3) is 0 Å². The first kappa shape index (κ1) is 25.5. The Morgan fingerprint density at radius 2 is 2.00 bits per heavy atom. The van der Waals surface area contributed by atoms with Gasteiger partial charge in [0, 0.05) is 38.2 Å². The molecule has 2 aromatic heterocycles. The van der Waals surface area contributed by atoms with Crippen LogP contribution in [0.5, 0.6) is 0 Å². The predicted octanol–water partition coefficient (Wildman–Crippen LogP) is 3.75. The topological polar surface area (TPSA) is 108 Å². The molecule has 37 heavy (non-hydrogen) atoms. The van der Waals surface area contributed by atoms with Gasteiger partial charge in [-0.1, -0.05) is 17.7 Å². The zero-order valence-corrected chi connectivity index (χ0v) is 21.3. The molecule has 0 radical (unpaired) electrons. The maximum absolute atomic E-state index is 14.6. The molecule has 5 rings (SSSR count). The third-order valence-electron chi connectivity index (χ3n) is 7.00. The lowest BCUT2D eigenvalue weighted by molar-refractivity contribution is 0.0637. The summed E-state index contributed by atoms with van der Waals surface area (Å²) in [6, 6.07) is 7.68. The summed E-state index contributed by atoms with van der Waals surface area (Å²) in [5, 5.41) is 11.3. The van der Waals surface area contributed by atoms with Gasteiger partial charge in [-0.3, -0.25) is 10.2 Å². The van der Waals surface area contributed by atoms with Gasteiger partial charge in [-0.05, 0) is 50.5 Å². The first-order valence-corrected chi connectivity index (χ1v) is 12.6. The number of hydrogen-bond acceptors (Lipinski definition) is 8. The van der Waals surface area contributed by atoms with E-state index in [9.17, 15) is 13.6 Å². The number of carbonyl (C=O) groups is 1. The van der Waals surface area contributed by atoms with Gasteiger partial charge in [-0.2, -0.15) is 0 Å². The van der Waals surface area contributed by atoms with Crippen molar-refractivity contribution in [1.29, 1.82) is 0 Å². The number of rotatable bonds is 6. The Morgan fingerprint density at radius 3 is 2.68 bits per heavy atom. The standard InChI is InChI=1S/C25H28ClF2N7O2/c1-14-12-20(33-31-14)30-22-19(27)7-6-16(29-22)13-25(24-34-32-15(2)37-24)8-10-35(11-9-25)23(36)17-4-3-5-18(26)21(17)28/h3-7,14,20,31,33H,8-13H2,1-2H3,(H,29,30). The largest absolute Gasteiger partial charge is 0.425 e. The van der Waals surface area contributed by atoms with Gasteiger partial charge in [-0.25, -0.2) is 19.2 Å². The molecule has 2 fully saturated rings. The number of pyridine rings is 1. The Hall–Kier alpha value is -3.15. The number of nitrogens with zero attached hydrogens (tertiary/aromatic N) is 4. The lowest BCUT2D eigenvalue weighted by Gasteiger charge is -2.39. The fraction of sp³-hybridized carbons (Fsp3) is 0.440. The Morgan fingerprint density at radius 1 is 1.22 bits per heavy atom. The van der Waals surface area contributed by atoms with E-state index in [4.69, 9.17) is 16.0 Å². The molecule has 2 atom stereocenters. The fourth-order valence-electron chi connectivity index (χ4n) is 4.96. The van der Waals surface area contributed by atoms with E-state index in [0.29, 0.717) is 49.8 Å². The number of hydrogen-bond donors (Lipinski definition) is 3. The van der Waals surface area contributed by atoms with Crippen LogP contribution in [0.15, 0.2) is 34.7 Å². The van der Waals surface area contributed by atoms with Crippen molar-refractivity contribution in [3.8, 4) is 0 Å². The van der Waals surface area contributed by atoms with E-state index in [1.165, 1.54) is 18.2 Å². The van der Waals surface area contributed by atoms with Crippen LogP contribution >= 0.6 is 11.6 Å². The summed E-state index contributed by atoms with van der Waals surface area (Å²) in [5.74, 6) is -0.563. The van der Waals surface area contributed by atoms with Crippen LogP contribution in [-0.4, -0.2) is 51.3 Å². The Kier molecular flexibility index (Phi) is 7.11. The lowest BCUT2D eigenvalue weighted by atomic mass is 9.74. The third-order valence-corrected chi connectivity index (χ3v) is 7.29. The van der Waals surface area contributed by atoms with Crippen LogP contribution in [0, 0.1) is 18.6 Å². The third kappa shape index (κ3) is 5.29. The maximum Gasteiger partial charge on any atom is 0.256 e. The molecule has 0 spiro atoms. The van der Waals surface area contributed by atoms with Gasteiger partial charge in [0.05, 0.1) is 22.2 Å². The van der Waals surface area contributed by atoms with E-state index in [1.54, 1.807) is 24.0 Å². The molecule has 0 bridgehead atoms. The number of carbonyl (C=O) groups excluding carboxylic acids is 1. The Bertz CT molecular complexity index is 1300. The molecule has 12 heteroatoms. The summed E-state index contributed by atoms with van der Waals surface area (Å²) in [4.78, 5) is 19.2. The van der Waals surface area contributed by atoms with Crippen molar-refractivity contribution in [2.45, 2.75) is 57.2 Å². The van der Waals surface area contributed by atoms with E-state index in [-0.39, 0.29) is 28.6 Å². The van der Waals surface area contributed by atoms with Gasteiger partial charge in [0.25, 0.3) is 5.91 Å². The quantitative estimate of drug-likeness (QED) is 0.441. The smallest absolute Gasteiger partial charge is 0.256 e. The predicted molar refractivity (Wildman–Crippen MR) is 133 cm³/mol. The molecule has 1 amide bonds. The number of likely N-dealkylation sites (tertiary alicyclic amines) is 1. The summed E-state index contributed by atoms with van der Waals surface area (Å²) in [7, 11) is 0. The minimum atomic E-state index is -0.726. The van der Waals surface area contributed by atoms with Crippen LogP contribution in [0.1, 0.15) is 54.0 Å². The van der Waals surface area contributed by atoms with E-state index in [2.05, 4.69) is 31.3 Å². The summed E-state index contributed by atoms with van der Waals surface area (Å²) in [5.41, 5.74) is 6.15. The highest BCUT2D eigenvalue weighted by Gasteiger charge is 2.43. The monoisotopic (exact) mass is 531 g/mol. The molecule has 2 aliphatic heterocycles. The van der Waals surface area contributed by atoms with Crippen molar-refractivity contribution in [2.24, 2.45) is 0 Å². The zero-order chi connectivity index (χ0) is 26.2. The first-order valence-electron chi connectivity index (χ1n) is 12.2.